The number of aliphatic hydroxyl groups excluding tert-OH is 2. The van der Waals surface area contributed by atoms with E-state index < -0.39 is 5.54 Å². The Bertz CT molecular complexity index is 191. The van der Waals surface area contributed by atoms with Crippen molar-refractivity contribution in [3.63, 3.8) is 0 Å². The molecule has 1 atom stereocenters. The van der Waals surface area contributed by atoms with Gasteiger partial charge in [0.25, 0.3) is 0 Å². The maximum Gasteiger partial charge on any atom is 0.223 e. The molecule has 0 aliphatic carbocycles. The van der Waals surface area contributed by atoms with Crippen molar-refractivity contribution in [2.45, 2.75) is 25.0 Å². The molecule has 6 heteroatoms. The molecule has 0 fully saturated rings. The number of aliphatic hydroxyl groups is 2. The number of ether oxygens (including phenoxy) is 1. The van der Waals surface area contributed by atoms with Crippen LogP contribution in [0.5, 0.6) is 0 Å². The van der Waals surface area contributed by atoms with E-state index >= 15 is 0 Å². The first-order chi connectivity index (χ1) is 7.01. The summed E-state index contributed by atoms with van der Waals surface area (Å²) in [5, 5.41) is 20.4. The molecule has 0 bridgehead atoms. The van der Waals surface area contributed by atoms with Crippen LogP contribution in [0.15, 0.2) is 0 Å². The quantitative estimate of drug-likeness (QED) is 0.405. The summed E-state index contributed by atoms with van der Waals surface area (Å²) in [7, 11) is 1.47. The predicted molar refractivity (Wildman–Crippen MR) is 55.2 cm³/mol. The van der Waals surface area contributed by atoms with Gasteiger partial charge in [0, 0.05) is 13.7 Å². The van der Waals surface area contributed by atoms with E-state index in [-0.39, 0.29) is 38.2 Å². The highest BCUT2D eigenvalue weighted by Gasteiger charge is 2.25. The van der Waals surface area contributed by atoms with Crippen molar-refractivity contribution in [1.82, 2.24) is 5.32 Å². The Morgan fingerprint density at radius 1 is 1.53 bits per heavy atom. The minimum absolute atomic E-state index is 0.114. The number of methoxy groups -OCH3 is 1. The van der Waals surface area contributed by atoms with Crippen molar-refractivity contribution in [3.8, 4) is 0 Å². The van der Waals surface area contributed by atoms with Gasteiger partial charge in [-0.3, -0.25) is 4.79 Å². The fourth-order valence-electron chi connectivity index (χ4n) is 0.986. The lowest BCUT2D eigenvalue weighted by molar-refractivity contribution is -0.126. The second kappa shape index (κ2) is 6.73. The Morgan fingerprint density at radius 3 is 2.40 bits per heavy atom. The van der Waals surface area contributed by atoms with E-state index in [0.29, 0.717) is 0 Å². The topological polar surface area (TPSA) is 105 Å². The molecular formula is C9H20N2O4. The van der Waals surface area contributed by atoms with Gasteiger partial charge in [-0.2, -0.15) is 0 Å². The zero-order valence-corrected chi connectivity index (χ0v) is 9.19. The molecule has 0 heterocycles. The van der Waals surface area contributed by atoms with Gasteiger partial charge in [0.05, 0.1) is 31.3 Å². The number of carbonyl (C=O) groups excluding carboxylic acids is 1. The monoisotopic (exact) mass is 220 g/mol. The summed E-state index contributed by atoms with van der Waals surface area (Å²) < 4.78 is 4.94. The standard InChI is InChI=1S/C9H20N2O4/c1-9(5-12,6-13)11-8(14)3-7(4-10)15-2/h7,12-13H,3-6,10H2,1-2H3,(H,11,14). The van der Waals surface area contributed by atoms with Crippen molar-refractivity contribution < 1.29 is 19.7 Å². The fourth-order valence-corrected chi connectivity index (χ4v) is 0.986. The smallest absolute Gasteiger partial charge is 0.223 e. The number of nitrogens with one attached hydrogen (secondary N) is 1. The van der Waals surface area contributed by atoms with Crippen LogP contribution in [-0.4, -0.2) is 54.6 Å². The lowest BCUT2D eigenvalue weighted by Crippen LogP contribution is -2.52. The highest BCUT2D eigenvalue weighted by Crippen LogP contribution is 2.03. The van der Waals surface area contributed by atoms with Crippen LogP contribution in [0.2, 0.25) is 0 Å². The van der Waals surface area contributed by atoms with E-state index in [1.54, 1.807) is 6.92 Å². The Hall–Kier alpha value is -0.690. The van der Waals surface area contributed by atoms with Gasteiger partial charge in [0.15, 0.2) is 0 Å². The summed E-state index contributed by atoms with van der Waals surface area (Å²) in [4.78, 5) is 11.4. The first-order valence-corrected chi connectivity index (χ1v) is 4.77. The maximum absolute atomic E-state index is 11.4. The number of rotatable bonds is 7. The molecule has 0 aliphatic rings. The summed E-state index contributed by atoms with van der Waals surface area (Å²) >= 11 is 0. The van der Waals surface area contributed by atoms with Crippen molar-refractivity contribution in [1.29, 1.82) is 0 Å². The van der Waals surface area contributed by atoms with Gasteiger partial charge < -0.3 is 26.0 Å². The molecule has 0 aromatic rings. The molecule has 1 amide bonds. The van der Waals surface area contributed by atoms with Gasteiger partial charge in [-0.25, -0.2) is 0 Å². The highest BCUT2D eigenvalue weighted by atomic mass is 16.5. The van der Waals surface area contributed by atoms with Crippen molar-refractivity contribution in [2.24, 2.45) is 5.73 Å². The Labute approximate surface area is 89.4 Å². The Kier molecular flexibility index (Phi) is 6.42. The lowest BCUT2D eigenvalue weighted by atomic mass is 10.0. The van der Waals surface area contributed by atoms with E-state index in [0.717, 1.165) is 0 Å². The van der Waals surface area contributed by atoms with Crippen molar-refractivity contribution in [3.05, 3.63) is 0 Å². The Morgan fingerprint density at radius 2 is 2.07 bits per heavy atom. The maximum atomic E-state index is 11.4. The zero-order valence-electron chi connectivity index (χ0n) is 9.19. The Balaban J connectivity index is 4.12. The fraction of sp³-hybridized carbons (Fsp3) is 0.889. The van der Waals surface area contributed by atoms with Gasteiger partial charge in [-0.05, 0) is 6.92 Å². The van der Waals surface area contributed by atoms with Gasteiger partial charge in [0.1, 0.15) is 0 Å². The molecule has 15 heavy (non-hydrogen) atoms. The number of hydrogen-bond donors (Lipinski definition) is 4. The molecule has 0 aromatic carbocycles. The minimum atomic E-state index is -0.996. The SMILES string of the molecule is COC(CN)CC(=O)NC(C)(CO)CO. The van der Waals surface area contributed by atoms with Crippen LogP contribution in [0.25, 0.3) is 0 Å². The third-order valence-electron chi connectivity index (χ3n) is 2.15. The first-order valence-electron chi connectivity index (χ1n) is 4.77. The third-order valence-corrected chi connectivity index (χ3v) is 2.15. The van der Waals surface area contributed by atoms with E-state index in [9.17, 15) is 4.79 Å². The van der Waals surface area contributed by atoms with Gasteiger partial charge in [-0.1, -0.05) is 0 Å². The van der Waals surface area contributed by atoms with E-state index in [2.05, 4.69) is 5.32 Å². The lowest BCUT2D eigenvalue weighted by Gasteiger charge is -2.27. The number of nitrogens with two attached hydrogens (primary N) is 1. The first kappa shape index (κ1) is 14.3. The zero-order chi connectivity index (χ0) is 11.9. The molecule has 0 spiro atoms. The molecule has 6 nitrogen and oxygen atoms in total. The van der Waals surface area contributed by atoms with Gasteiger partial charge >= 0.3 is 0 Å². The molecule has 0 aromatic heterocycles. The predicted octanol–water partition coefficient (Wildman–Crippen LogP) is -1.79. The molecule has 0 saturated heterocycles. The van der Waals surface area contributed by atoms with E-state index in [1.165, 1.54) is 7.11 Å². The average molecular weight is 220 g/mol. The highest BCUT2D eigenvalue weighted by molar-refractivity contribution is 5.77. The summed E-state index contributed by atoms with van der Waals surface area (Å²) in [6.45, 7) is 1.15. The molecule has 0 radical (unpaired) electrons. The molecule has 0 rings (SSSR count). The van der Waals surface area contributed by atoms with E-state index in [4.69, 9.17) is 20.7 Å². The summed E-state index contributed by atoms with van der Waals surface area (Å²) in [6.07, 6.45) is -0.227. The van der Waals surface area contributed by atoms with Crippen LogP contribution in [-0.2, 0) is 9.53 Å². The summed E-state index contributed by atoms with van der Waals surface area (Å²) in [5.74, 6) is -0.307. The molecular weight excluding hydrogens is 200 g/mol. The second-order valence-corrected chi connectivity index (χ2v) is 3.72. The summed E-state index contributed by atoms with van der Waals surface area (Å²) in [5.41, 5.74) is 4.36. The van der Waals surface area contributed by atoms with Crippen molar-refractivity contribution in [2.75, 3.05) is 26.9 Å². The van der Waals surface area contributed by atoms with Gasteiger partial charge in [-0.15, -0.1) is 0 Å². The third kappa shape index (κ3) is 5.08. The minimum Gasteiger partial charge on any atom is -0.394 e. The normalized spacial score (nSPS) is 13.7. The van der Waals surface area contributed by atoms with Crippen LogP contribution in [0.4, 0.5) is 0 Å². The molecule has 5 N–H and O–H groups in total. The largest absolute Gasteiger partial charge is 0.394 e. The number of hydrogen-bond acceptors (Lipinski definition) is 5. The van der Waals surface area contributed by atoms with Crippen LogP contribution in [0, 0.1) is 0 Å². The summed E-state index contributed by atoms with van der Waals surface area (Å²) in [6, 6.07) is 0. The molecule has 0 saturated carbocycles. The van der Waals surface area contributed by atoms with E-state index in [1.807, 2.05) is 0 Å². The molecule has 90 valence electrons. The second-order valence-electron chi connectivity index (χ2n) is 3.72. The molecule has 0 aliphatic heterocycles. The van der Waals surface area contributed by atoms with Crippen LogP contribution >= 0.6 is 0 Å². The number of amides is 1. The average Bonchev–Trinajstić information content (AvgIpc) is 2.25. The van der Waals surface area contributed by atoms with Crippen LogP contribution < -0.4 is 11.1 Å². The van der Waals surface area contributed by atoms with Crippen LogP contribution in [0.1, 0.15) is 13.3 Å². The number of carbonyl (C=O) groups is 1. The van der Waals surface area contributed by atoms with Crippen molar-refractivity contribution >= 4 is 5.91 Å². The van der Waals surface area contributed by atoms with Gasteiger partial charge in [0.2, 0.25) is 5.91 Å². The van der Waals surface area contributed by atoms with Crippen LogP contribution in [0.3, 0.4) is 0 Å². The molecule has 1 unspecified atom stereocenters.